The lowest BCUT2D eigenvalue weighted by Crippen LogP contribution is -2.18. The number of hydrogen-bond donors (Lipinski definition) is 2. The summed E-state index contributed by atoms with van der Waals surface area (Å²) in [5.41, 5.74) is 2.65. The van der Waals surface area contributed by atoms with Gasteiger partial charge < -0.3 is 15.4 Å². The van der Waals surface area contributed by atoms with E-state index in [1.807, 2.05) is 0 Å². The molecule has 33 heavy (non-hydrogen) atoms. The van der Waals surface area contributed by atoms with E-state index in [0.717, 1.165) is 36.1 Å². The molecule has 0 saturated carbocycles. The number of amides is 2. The van der Waals surface area contributed by atoms with Crippen LogP contribution in [0, 0.1) is 5.82 Å². The third-order valence-electron chi connectivity index (χ3n) is 5.39. The number of hydrogen-bond acceptors (Lipinski definition) is 5. The van der Waals surface area contributed by atoms with E-state index in [0.29, 0.717) is 27.4 Å². The molecule has 3 aromatic rings. The maximum Gasteiger partial charge on any atom is 0.338 e. The number of carbonyl (C=O) groups excluding carboxylic acids is 3. The molecule has 1 aliphatic carbocycles. The van der Waals surface area contributed by atoms with Crippen molar-refractivity contribution >= 4 is 39.8 Å². The van der Waals surface area contributed by atoms with Crippen molar-refractivity contribution in [2.45, 2.75) is 32.6 Å². The largest absolute Gasteiger partial charge is 0.462 e. The molecular weight excluding hydrogens is 443 g/mol. The van der Waals surface area contributed by atoms with E-state index < -0.39 is 17.7 Å². The van der Waals surface area contributed by atoms with Crippen LogP contribution in [0.1, 0.15) is 61.3 Å². The molecule has 8 heteroatoms. The minimum Gasteiger partial charge on any atom is -0.462 e. The number of nitrogens with one attached hydrogen (secondary N) is 2. The van der Waals surface area contributed by atoms with Gasteiger partial charge in [0.05, 0.1) is 17.7 Å². The molecule has 4 rings (SSSR count). The zero-order valence-corrected chi connectivity index (χ0v) is 18.9. The molecule has 0 aliphatic heterocycles. The van der Waals surface area contributed by atoms with Crippen molar-refractivity contribution < 1.29 is 23.5 Å². The van der Waals surface area contributed by atoms with Crippen LogP contribution in [0.5, 0.6) is 0 Å². The second-order valence-electron chi connectivity index (χ2n) is 7.63. The van der Waals surface area contributed by atoms with Gasteiger partial charge in [-0.05, 0) is 86.7 Å². The van der Waals surface area contributed by atoms with Crippen LogP contribution in [0.4, 0.5) is 15.1 Å². The first-order chi connectivity index (χ1) is 16.0. The Labute approximate surface area is 194 Å². The first kappa shape index (κ1) is 22.7. The Hall–Kier alpha value is -3.52. The Balaban J connectivity index is 1.57. The Morgan fingerprint density at radius 2 is 1.58 bits per heavy atom. The van der Waals surface area contributed by atoms with E-state index in [1.165, 1.54) is 35.6 Å². The second kappa shape index (κ2) is 9.95. The van der Waals surface area contributed by atoms with Crippen LogP contribution in [0.15, 0.2) is 48.5 Å². The number of anilines is 2. The molecule has 1 aliphatic rings. The van der Waals surface area contributed by atoms with Gasteiger partial charge in [-0.2, -0.15) is 0 Å². The summed E-state index contributed by atoms with van der Waals surface area (Å²) in [5.74, 6) is -1.57. The molecule has 0 spiro atoms. The summed E-state index contributed by atoms with van der Waals surface area (Å²) in [6.45, 7) is 2.02. The molecule has 1 heterocycles. The summed E-state index contributed by atoms with van der Waals surface area (Å²) in [6, 6.07) is 11.7. The Morgan fingerprint density at radius 1 is 0.909 bits per heavy atom. The third-order valence-corrected chi connectivity index (χ3v) is 6.59. The molecule has 6 nitrogen and oxygen atoms in total. The quantitative estimate of drug-likeness (QED) is 0.473. The minimum absolute atomic E-state index is 0.285. The summed E-state index contributed by atoms with van der Waals surface area (Å²) < 4.78 is 18.2. The molecule has 0 radical (unpaired) electrons. The van der Waals surface area contributed by atoms with E-state index in [4.69, 9.17) is 4.74 Å². The first-order valence-corrected chi connectivity index (χ1v) is 11.6. The summed E-state index contributed by atoms with van der Waals surface area (Å²) in [6.07, 6.45) is 3.64. The van der Waals surface area contributed by atoms with Crippen LogP contribution in [0.3, 0.4) is 0 Å². The smallest absolute Gasteiger partial charge is 0.338 e. The highest BCUT2D eigenvalue weighted by Gasteiger charge is 2.26. The normalized spacial score (nSPS) is 12.5. The van der Waals surface area contributed by atoms with Gasteiger partial charge in [0.15, 0.2) is 0 Å². The predicted molar refractivity (Wildman–Crippen MR) is 126 cm³/mol. The average Bonchev–Trinajstić information content (AvgIpc) is 3.18. The number of rotatable bonds is 6. The van der Waals surface area contributed by atoms with Gasteiger partial charge in [0.25, 0.3) is 11.8 Å². The molecule has 0 bridgehead atoms. The fourth-order valence-corrected chi connectivity index (χ4v) is 5.05. The Bertz CT molecular complexity index is 1190. The van der Waals surface area contributed by atoms with Crippen molar-refractivity contribution in [2.75, 3.05) is 17.2 Å². The number of aryl methyl sites for hydroxylation is 1. The van der Waals surface area contributed by atoms with Gasteiger partial charge in [0, 0.05) is 16.1 Å². The third kappa shape index (κ3) is 5.12. The molecule has 2 N–H and O–H groups in total. The Morgan fingerprint density at radius 3 is 2.27 bits per heavy atom. The number of thiophene rings is 1. The highest BCUT2D eigenvalue weighted by Crippen LogP contribution is 2.38. The fourth-order valence-electron chi connectivity index (χ4n) is 3.77. The molecule has 1 aromatic heterocycles. The minimum atomic E-state index is -0.424. The maximum atomic E-state index is 13.3. The van der Waals surface area contributed by atoms with Crippen LogP contribution in [-0.2, 0) is 17.6 Å². The van der Waals surface area contributed by atoms with E-state index >= 15 is 0 Å². The summed E-state index contributed by atoms with van der Waals surface area (Å²) in [5, 5.41) is 6.19. The van der Waals surface area contributed by atoms with Gasteiger partial charge >= 0.3 is 5.97 Å². The van der Waals surface area contributed by atoms with Crippen molar-refractivity contribution in [1.29, 1.82) is 0 Å². The van der Waals surface area contributed by atoms with E-state index in [1.54, 1.807) is 31.2 Å². The second-order valence-corrected chi connectivity index (χ2v) is 8.73. The van der Waals surface area contributed by atoms with Crippen LogP contribution in [-0.4, -0.2) is 24.4 Å². The van der Waals surface area contributed by atoms with E-state index in [2.05, 4.69) is 10.6 Å². The van der Waals surface area contributed by atoms with Gasteiger partial charge in [0.1, 0.15) is 10.8 Å². The summed E-state index contributed by atoms with van der Waals surface area (Å²) in [7, 11) is 0. The topological polar surface area (TPSA) is 84.5 Å². The lowest BCUT2D eigenvalue weighted by Gasteiger charge is -2.13. The molecule has 0 saturated heterocycles. The molecule has 0 fully saturated rings. The molecule has 2 amide bonds. The number of halogens is 1. The zero-order valence-electron chi connectivity index (χ0n) is 18.1. The van der Waals surface area contributed by atoms with Gasteiger partial charge in [-0.3, -0.25) is 9.59 Å². The first-order valence-electron chi connectivity index (χ1n) is 10.8. The number of ether oxygens (including phenoxy) is 1. The van der Waals surface area contributed by atoms with Crippen molar-refractivity contribution in [1.82, 2.24) is 0 Å². The standard InChI is InChI=1S/C25H23FN2O4S/c1-2-32-25(31)16-9-13-18(14-10-16)27-23(30)21-19-5-3-4-6-20(19)33-24(21)28-22(29)15-7-11-17(26)12-8-15/h7-14H,2-6H2,1H3,(H,27,30)(H,28,29). The molecule has 0 atom stereocenters. The summed E-state index contributed by atoms with van der Waals surface area (Å²) >= 11 is 1.41. The maximum absolute atomic E-state index is 13.3. The number of carbonyl (C=O) groups is 3. The lowest BCUT2D eigenvalue weighted by atomic mass is 9.95. The van der Waals surface area contributed by atoms with Crippen LogP contribution in [0.25, 0.3) is 0 Å². The number of esters is 1. The number of fused-ring (bicyclic) bond motifs is 1. The van der Waals surface area contributed by atoms with Gasteiger partial charge in [-0.15, -0.1) is 11.3 Å². The van der Waals surface area contributed by atoms with Gasteiger partial charge in [-0.25, -0.2) is 9.18 Å². The zero-order chi connectivity index (χ0) is 23.4. The van der Waals surface area contributed by atoms with E-state index in [9.17, 15) is 18.8 Å². The van der Waals surface area contributed by atoms with Gasteiger partial charge in [0.2, 0.25) is 0 Å². The van der Waals surface area contributed by atoms with Crippen molar-refractivity contribution in [3.63, 3.8) is 0 Å². The SMILES string of the molecule is CCOC(=O)c1ccc(NC(=O)c2c(NC(=O)c3ccc(F)cc3)sc3c2CCCC3)cc1. The van der Waals surface area contributed by atoms with Crippen molar-refractivity contribution in [3.8, 4) is 0 Å². The van der Waals surface area contributed by atoms with Crippen molar-refractivity contribution in [3.05, 3.63) is 81.5 Å². The van der Waals surface area contributed by atoms with Crippen LogP contribution < -0.4 is 10.6 Å². The van der Waals surface area contributed by atoms with Crippen LogP contribution >= 0.6 is 11.3 Å². The lowest BCUT2D eigenvalue weighted by molar-refractivity contribution is 0.0526. The molecular formula is C25H23FN2O4S. The average molecular weight is 467 g/mol. The molecule has 0 unspecified atom stereocenters. The fraction of sp³-hybridized carbons (Fsp3) is 0.240. The van der Waals surface area contributed by atoms with Crippen LogP contribution in [0.2, 0.25) is 0 Å². The highest BCUT2D eigenvalue weighted by molar-refractivity contribution is 7.17. The summed E-state index contributed by atoms with van der Waals surface area (Å²) in [4.78, 5) is 38.9. The van der Waals surface area contributed by atoms with Gasteiger partial charge in [-0.1, -0.05) is 0 Å². The van der Waals surface area contributed by atoms with Crippen molar-refractivity contribution in [2.24, 2.45) is 0 Å². The number of benzene rings is 2. The monoisotopic (exact) mass is 466 g/mol. The molecule has 2 aromatic carbocycles. The predicted octanol–water partition coefficient (Wildman–Crippen LogP) is 5.45. The molecule has 170 valence electrons. The van der Waals surface area contributed by atoms with E-state index in [-0.39, 0.29) is 12.5 Å². The highest BCUT2D eigenvalue weighted by atomic mass is 32.1. The Kier molecular flexibility index (Phi) is 6.84.